The van der Waals surface area contributed by atoms with Crippen LogP contribution in [-0.2, 0) is 10.0 Å². The number of rotatable bonds is 4. The third kappa shape index (κ3) is 3.42. The molecule has 0 aromatic heterocycles. The fourth-order valence-corrected chi connectivity index (χ4v) is 5.21. The Balaban J connectivity index is 2.27. The molecule has 20 heavy (non-hydrogen) atoms. The van der Waals surface area contributed by atoms with Crippen LogP contribution in [0.2, 0.25) is 0 Å². The van der Waals surface area contributed by atoms with Crippen molar-refractivity contribution in [3.8, 4) is 0 Å². The number of aryl methyl sites for hydroxylation is 1. The van der Waals surface area contributed by atoms with Gasteiger partial charge in [-0.1, -0.05) is 6.07 Å². The summed E-state index contributed by atoms with van der Waals surface area (Å²) in [4.78, 5) is 0.377. The van der Waals surface area contributed by atoms with Crippen molar-refractivity contribution in [3.63, 3.8) is 0 Å². The Morgan fingerprint density at radius 3 is 2.90 bits per heavy atom. The van der Waals surface area contributed by atoms with Gasteiger partial charge in [0.25, 0.3) is 0 Å². The zero-order chi connectivity index (χ0) is 14.8. The summed E-state index contributed by atoms with van der Waals surface area (Å²) in [6.45, 7) is 3.99. The van der Waals surface area contributed by atoms with E-state index in [4.69, 9.17) is 0 Å². The van der Waals surface area contributed by atoms with Crippen LogP contribution in [0.3, 0.4) is 0 Å². The van der Waals surface area contributed by atoms with Gasteiger partial charge in [-0.05, 0) is 72.9 Å². The van der Waals surface area contributed by atoms with Crippen LogP contribution in [0.5, 0.6) is 0 Å². The Hall–Kier alpha value is -0.430. The van der Waals surface area contributed by atoms with Gasteiger partial charge >= 0.3 is 0 Å². The maximum Gasteiger partial charge on any atom is 0.244 e. The number of nitrogens with one attached hydrogen (secondary N) is 1. The van der Waals surface area contributed by atoms with Gasteiger partial charge in [0, 0.05) is 17.6 Å². The van der Waals surface area contributed by atoms with E-state index in [-0.39, 0.29) is 0 Å². The number of nitrogens with zero attached hydrogens (tertiary/aromatic N) is 1. The predicted octanol–water partition coefficient (Wildman–Crippen LogP) is 2.38. The Morgan fingerprint density at radius 2 is 2.20 bits per heavy atom. The molecule has 1 N–H and O–H groups in total. The number of halogens is 1. The Kier molecular flexibility index (Phi) is 5.23. The van der Waals surface area contributed by atoms with Gasteiger partial charge in [-0.3, -0.25) is 0 Å². The van der Waals surface area contributed by atoms with Gasteiger partial charge in [0.15, 0.2) is 0 Å². The summed E-state index contributed by atoms with van der Waals surface area (Å²) < 4.78 is 27.8. The van der Waals surface area contributed by atoms with Crippen LogP contribution in [0.25, 0.3) is 0 Å². The largest absolute Gasteiger partial charge is 0.319 e. The Bertz CT molecular complexity index is 573. The summed E-state index contributed by atoms with van der Waals surface area (Å²) in [6, 6.07) is 5.45. The topological polar surface area (TPSA) is 49.4 Å². The van der Waals surface area contributed by atoms with Crippen LogP contribution in [-0.4, -0.2) is 39.4 Å². The summed E-state index contributed by atoms with van der Waals surface area (Å²) in [6.07, 6.45) is 2.01. The lowest BCUT2D eigenvalue weighted by Crippen LogP contribution is -2.42. The molecular weight excluding hydrogens is 340 g/mol. The molecule has 6 heteroatoms. The molecule has 1 aliphatic heterocycles. The third-order valence-corrected chi connectivity index (χ3v) is 6.54. The van der Waals surface area contributed by atoms with E-state index < -0.39 is 10.0 Å². The average Bonchev–Trinajstić information content (AvgIpc) is 2.42. The molecular formula is C14H21BrN2O2S. The van der Waals surface area contributed by atoms with Gasteiger partial charge in [0.1, 0.15) is 0 Å². The molecule has 0 saturated carbocycles. The fourth-order valence-electron chi connectivity index (χ4n) is 2.65. The normalized spacial score (nSPS) is 21.1. The molecule has 4 nitrogen and oxygen atoms in total. The summed E-state index contributed by atoms with van der Waals surface area (Å²) in [5.74, 6) is 0.395. The SMILES string of the molecule is CNCC1CCCN(S(=O)(=O)c2cc(C)ccc2Br)C1. The molecule has 1 fully saturated rings. The maximum absolute atomic E-state index is 12.8. The standard InChI is InChI=1S/C14H21BrN2O2S/c1-11-5-6-13(15)14(8-11)20(18,19)17-7-3-4-12(10-17)9-16-2/h5-6,8,12,16H,3-4,7,9-10H2,1-2H3. The smallest absolute Gasteiger partial charge is 0.244 e. The van der Waals surface area contributed by atoms with Gasteiger partial charge in [-0.2, -0.15) is 4.31 Å². The van der Waals surface area contributed by atoms with Gasteiger partial charge in [0.2, 0.25) is 10.0 Å². The lowest BCUT2D eigenvalue weighted by molar-refractivity contribution is 0.263. The highest BCUT2D eigenvalue weighted by Gasteiger charge is 2.31. The van der Waals surface area contributed by atoms with Gasteiger partial charge < -0.3 is 5.32 Å². The van der Waals surface area contributed by atoms with Gasteiger partial charge in [0.05, 0.1) is 4.90 Å². The highest BCUT2D eigenvalue weighted by molar-refractivity contribution is 9.10. The van der Waals surface area contributed by atoms with E-state index in [9.17, 15) is 8.42 Å². The van der Waals surface area contributed by atoms with E-state index in [0.717, 1.165) is 24.9 Å². The van der Waals surface area contributed by atoms with Crippen molar-refractivity contribution in [2.75, 3.05) is 26.7 Å². The molecule has 1 atom stereocenters. The van der Waals surface area contributed by atoms with E-state index in [2.05, 4.69) is 21.2 Å². The highest BCUT2D eigenvalue weighted by Crippen LogP contribution is 2.29. The first-order valence-corrected chi connectivity index (χ1v) is 9.09. The van der Waals surface area contributed by atoms with Crippen LogP contribution in [0.15, 0.2) is 27.6 Å². The molecule has 1 aliphatic rings. The molecule has 1 unspecified atom stereocenters. The number of hydrogen-bond acceptors (Lipinski definition) is 3. The molecule has 0 bridgehead atoms. The Morgan fingerprint density at radius 1 is 1.45 bits per heavy atom. The van der Waals surface area contributed by atoms with Gasteiger partial charge in [-0.25, -0.2) is 8.42 Å². The lowest BCUT2D eigenvalue weighted by Gasteiger charge is -2.32. The van der Waals surface area contributed by atoms with E-state index in [1.807, 2.05) is 20.0 Å². The van der Waals surface area contributed by atoms with Crippen molar-refractivity contribution in [2.45, 2.75) is 24.7 Å². The second-order valence-electron chi connectivity index (χ2n) is 5.36. The summed E-state index contributed by atoms with van der Waals surface area (Å²) >= 11 is 3.36. The number of piperidine rings is 1. The van der Waals surface area contributed by atoms with Crippen molar-refractivity contribution in [3.05, 3.63) is 28.2 Å². The minimum Gasteiger partial charge on any atom is -0.319 e. The van der Waals surface area contributed by atoms with E-state index in [0.29, 0.717) is 28.4 Å². The number of benzene rings is 1. The van der Waals surface area contributed by atoms with Crippen molar-refractivity contribution in [1.29, 1.82) is 0 Å². The maximum atomic E-state index is 12.8. The summed E-state index contributed by atoms with van der Waals surface area (Å²) in [5.41, 5.74) is 0.954. The van der Waals surface area contributed by atoms with Crippen molar-refractivity contribution < 1.29 is 8.42 Å². The molecule has 0 radical (unpaired) electrons. The zero-order valence-electron chi connectivity index (χ0n) is 11.9. The number of sulfonamides is 1. The molecule has 1 heterocycles. The van der Waals surface area contributed by atoms with E-state index in [1.165, 1.54) is 0 Å². The predicted molar refractivity (Wildman–Crippen MR) is 84.3 cm³/mol. The van der Waals surface area contributed by atoms with Crippen molar-refractivity contribution >= 4 is 26.0 Å². The van der Waals surface area contributed by atoms with Crippen LogP contribution >= 0.6 is 15.9 Å². The summed E-state index contributed by atoms with van der Waals surface area (Å²) in [7, 11) is -1.50. The second-order valence-corrected chi connectivity index (χ2v) is 8.12. The molecule has 1 saturated heterocycles. The van der Waals surface area contributed by atoms with Crippen LogP contribution < -0.4 is 5.32 Å². The van der Waals surface area contributed by atoms with E-state index in [1.54, 1.807) is 16.4 Å². The average molecular weight is 361 g/mol. The van der Waals surface area contributed by atoms with E-state index >= 15 is 0 Å². The molecule has 112 valence electrons. The fraction of sp³-hybridized carbons (Fsp3) is 0.571. The third-order valence-electron chi connectivity index (χ3n) is 3.68. The zero-order valence-corrected chi connectivity index (χ0v) is 14.3. The van der Waals surface area contributed by atoms with Crippen molar-refractivity contribution in [2.24, 2.45) is 5.92 Å². The lowest BCUT2D eigenvalue weighted by atomic mass is 10.00. The minimum absolute atomic E-state index is 0.377. The summed E-state index contributed by atoms with van der Waals surface area (Å²) in [5, 5.41) is 3.14. The first kappa shape index (κ1) is 15.9. The number of hydrogen-bond donors (Lipinski definition) is 1. The molecule has 0 aliphatic carbocycles. The molecule has 0 spiro atoms. The van der Waals surface area contributed by atoms with Crippen LogP contribution in [0.1, 0.15) is 18.4 Å². The molecule has 1 aromatic rings. The quantitative estimate of drug-likeness (QED) is 0.896. The monoisotopic (exact) mass is 360 g/mol. The second kappa shape index (κ2) is 6.56. The van der Waals surface area contributed by atoms with Gasteiger partial charge in [-0.15, -0.1) is 0 Å². The van der Waals surface area contributed by atoms with Crippen LogP contribution in [0, 0.1) is 12.8 Å². The van der Waals surface area contributed by atoms with Crippen LogP contribution in [0.4, 0.5) is 0 Å². The molecule has 1 aromatic carbocycles. The molecule has 0 amide bonds. The minimum atomic E-state index is -3.41. The Labute approximate surface area is 129 Å². The van der Waals surface area contributed by atoms with Crippen molar-refractivity contribution in [1.82, 2.24) is 9.62 Å². The first-order chi connectivity index (χ1) is 9.45. The molecule has 2 rings (SSSR count). The highest BCUT2D eigenvalue weighted by atomic mass is 79.9. The first-order valence-electron chi connectivity index (χ1n) is 6.86.